The van der Waals surface area contributed by atoms with Gasteiger partial charge in [0.05, 0.1) is 10.6 Å². The average Bonchev–Trinajstić information content (AvgIpc) is 3.13. The summed E-state index contributed by atoms with van der Waals surface area (Å²) in [7, 11) is 0. The third kappa shape index (κ3) is 3.27. The Kier molecular flexibility index (Phi) is 4.22. The van der Waals surface area contributed by atoms with Crippen LogP contribution in [0.25, 0.3) is 10.7 Å². The molecule has 8 heteroatoms. The first-order valence-electron chi connectivity index (χ1n) is 7.80. The first-order valence-corrected chi connectivity index (χ1v) is 9.67. The molecule has 25 heavy (non-hydrogen) atoms. The summed E-state index contributed by atoms with van der Waals surface area (Å²) in [4.78, 5) is 13.4. The largest absolute Gasteiger partial charge is 0.504 e. The van der Waals surface area contributed by atoms with E-state index in [1.165, 1.54) is 30.0 Å². The Morgan fingerprint density at radius 1 is 1.24 bits per heavy atom. The molecule has 1 aliphatic rings. The molecule has 0 spiro atoms. The van der Waals surface area contributed by atoms with Crippen LogP contribution < -0.4 is 0 Å². The summed E-state index contributed by atoms with van der Waals surface area (Å²) in [5.74, 6) is 0.382. The highest BCUT2D eigenvalue weighted by Gasteiger charge is 2.30. The number of carbonyl (C=O) groups is 1. The summed E-state index contributed by atoms with van der Waals surface area (Å²) >= 11 is 2.97. The van der Waals surface area contributed by atoms with Crippen LogP contribution in [0.1, 0.15) is 29.2 Å². The van der Waals surface area contributed by atoms with Crippen molar-refractivity contribution in [1.82, 2.24) is 14.8 Å². The monoisotopic (exact) mass is 373 g/mol. The van der Waals surface area contributed by atoms with Crippen LogP contribution in [0.15, 0.2) is 40.9 Å². The van der Waals surface area contributed by atoms with Gasteiger partial charge < -0.3 is 10.2 Å². The van der Waals surface area contributed by atoms with Gasteiger partial charge in [0.25, 0.3) is 0 Å². The van der Waals surface area contributed by atoms with Crippen molar-refractivity contribution in [3.63, 3.8) is 0 Å². The molecule has 4 rings (SSSR count). The fourth-order valence-electron chi connectivity index (χ4n) is 2.52. The van der Waals surface area contributed by atoms with Crippen molar-refractivity contribution in [2.24, 2.45) is 0 Å². The molecule has 0 amide bonds. The molecule has 0 unspecified atom stereocenters. The zero-order valence-electron chi connectivity index (χ0n) is 13.1. The van der Waals surface area contributed by atoms with Gasteiger partial charge in [0, 0.05) is 11.6 Å². The zero-order chi connectivity index (χ0) is 17.4. The highest BCUT2D eigenvalue weighted by Crippen LogP contribution is 2.41. The smallest absolute Gasteiger partial charge is 0.192 e. The second-order valence-corrected chi connectivity index (χ2v) is 7.69. The van der Waals surface area contributed by atoms with Gasteiger partial charge in [-0.3, -0.25) is 9.36 Å². The number of hydrogen-bond donors (Lipinski definition) is 2. The molecule has 3 aromatic rings. The van der Waals surface area contributed by atoms with Crippen LogP contribution in [0.2, 0.25) is 0 Å². The number of phenols is 2. The summed E-state index contributed by atoms with van der Waals surface area (Å²) in [5.41, 5.74) is 0.360. The van der Waals surface area contributed by atoms with Crippen LogP contribution in [0.4, 0.5) is 0 Å². The van der Waals surface area contributed by atoms with Gasteiger partial charge in [-0.05, 0) is 42.5 Å². The van der Waals surface area contributed by atoms with Gasteiger partial charge >= 0.3 is 0 Å². The molecule has 1 aliphatic carbocycles. The molecule has 128 valence electrons. The predicted molar refractivity (Wildman–Crippen MR) is 96.4 cm³/mol. The van der Waals surface area contributed by atoms with E-state index in [-0.39, 0.29) is 23.0 Å². The summed E-state index contributed by atoms with van der Waals surface area (Å²) in [6.07, 6.45) is 2.20. The lowest BCUT2D eigenvalue weighted by Crippen LogP contribution is -2.05. The summed E-state index contributed by atoms with van der Waals surface area (Å²) in [6.45, 7) is 0. The van der Waals surface area contributed by atoms with Crippen molar-refractivity contribution >= 4 is 28.9 Å². The molecular weight excluding hydrogens is 358 g/mol. The van der Waals surface area contributed by atoms with E-state index in [4.69, 9.17) is 0 Å². The third-order valence-corrected chi connectivity index (χ3v) is 5.76. The number of thiophene rings is 1. The predicted octanol–water partition coefficient (Wildman–Crippen LogP) is 3.73. The van der Waals surface area contributed by atoms with Crippen LogP contribution in [-0.2, 0) is 0 Å². The van der Waals surface area contributed by atoms with Gasteiger partial charge in [0.15, 0.2) is 28.3 Å². The summed E-state index contributed by atoms with van der Waals surface area (Å²) < 4.78 is 2.12. The number of hydrogen-bond acceptors (Lipinski definition) is 7. The Morgan fingerprint density at radius 2 is 2.08 bits per heavy atom. The normalized spacial score (nSPS) is 13.9. The molecule has 6 nitrogen and oxygen atoms in total. The molecule has 2 aromatic heterocycles. The van der Waals surface area contributed by atoms with Crippen molar-refractivity contribution in [1.29, 1.82) is 0 Å². The number of rotatable bonds is 6. The molecule has 2 N–H and O–H groups in total. The standard InChI is InChI=1S/C17H15N3O3S2/c21-12-6-3-10(8-13(12)22)14(23)9-25-17-19-18-16(15-2-1-7-24-15)20(17)11-4-5-11/h1-3,6-8,11,21-22H,4-5,9H2. The highest BCUT2D eigenvalue weighted by molar-refractivity contribution is 7.99. The van der Waals surface area contributed by atoms with E-state index in [0.29, 0.717) is 11.6 Å². The van der Waals surface area contributed by atoms with Gasteiger partial charge in [-0.2, -0.15) is 0 Å². The summed E-state index contributed by atoms with van der Waals surface area (Å²) in [5, 5.41) is 30.2. The van der Waals surface area contributed by atoms with Gasteiger partial charge in [-0.25, -0.2) is 0 Å². The van der Waals surface area contributed by atoms with E-state index in [1.54, 1.807) is 11.3 Å². The van der Waals surface area contributed by atoms with Gasteiger partial charge in [0.2, 0.25) is 0 Å². The van der Waals surface area contributed by atoms with Crippen LogP contribution in [0.3, 0.4) is 0 Å². The number of carbonyl (C=O) groups excluding carboxylic acids is 1. The minimum atomic E-state index is -0.294. The van der Waals surface area contributed by atoms with Crippen molar-refractivity contribution in [2.45, 2.75) is 24.0 Å². The molecule has 0 bridgehead atoms. The number of Topliss-reactive ketones (excluding diaryl/α,β-unsaturated/α-hetero) is 1. The molecule has 0 atom stereocenters. The Morgan fingerprint density at radius 3 is 2.76 bits per heavy atom. The third-order valence-electron chi connectivity index (χ3n) is 3.95. The maximum atomic E-state index is 12.3. The Bertz CT molecular complexity index is 917. The highest BCUT2D eigenvalue weighted by atomic mass is 32.2. The maximum Gasteiger partial charge on any atom is 0.192 e. The fourth-order valence-corrected chi connectivity index (χ4v) is 4.13. The minimum Gasteiger partial charge on any atom is -0.504 e. The van der Waals surface area contributed by atoms with Crippen LogP contribution >= 0.6 is 23.1 Å². The molecule has 0 aliphatic heterocycles. The number of benzene rings is 1. The number of phenolic OH excluding ortho intramolecular Hbond substituents is 2. The van der Waals surface area contributed by atoms with E-state index in [9.17, 15) is 15.0 Å². The fraction of sp³-hybridized carbons (Fsp3) is 0.235. The lowest BCUT2D eigenvalue weighted by molar-refractivity contribution is 0.102. The molecule has 0 saturated heterocycles. The number of thioether (sulfide) groups is 1. The molecule has 2 heterocycles. The zero-order valence-corrected chi connectivity index (χ0v) is 14.8. The first-order chi connectivity index (χ1) is 12.1. The molecule has 1 fully saturated rings. The van der Waals surface area contributed by atoms with Gasteiger partial charge in [-0.15, -0.1) is 21.5 Å². The van der Waals surface area contributed by atoms with E-state index in [1.807, 2.05) is 17.5 Å². The number of aromatic nitrogens is 3. The van der Waals surface area contributed by atoms with E-state index >= 15 is 0 Å². The average molecular weight is 373 g/mol. The number of ketones is 1. The van der Waals surface area contributed by atoms with Crippen LogP contribution in [0, 0.1) is 0 Å². The molecule has 1 aromatic carbocycles. The van der Waals surface area contributed by atoms with Gasteiger partial charge in [-0.1, -0.05) is 17.8 Å². The number of aromatic hydroxyl groups is 2. The van der Waals surface area contributed by atoms with Crippen molar-refractivity contribution in [2.75, 3.05) is 5.75 Å². The van der Waals surface area contributed by atoms with E-state index < -0.39 is 0 Å². The quantitative estimate of drug-likeness (QED) is 0.389. The van der Waals surface area contributed by atoms with E-state index in [0.717, 1.165) is 28.7 Å². The topological polar surface area (TPSA) is 88.2 Å². The Hall–Kier alpha value is -2.32. The van der Waals surface area contributed by atoms with Crippen molar-refractivity contribution in [3.05, 3.63) is 41.3 Å². The van der Waals surface area contributed by atoms with Crippen molar-refractivity contribution in [3.8, 4) is 22.2 Å². The molecule has 1 saturated carbocycles. The second kappa shape index (κ2) is 6.53. The molecular formula is C17H15N3O3S2. The van der Waals surface area contributed by atoms with Crippen LogP contribution in [-0.4, -0.2) is 36.5 Å². The first kappa shape index (κ1) is 16.2. The Labute approximate surface area is 152 Å². The second-order valence-electron chi connectivity index (χ2n) is 5.80. The minimum absolute atomic E-state index is 0.136. The lowest BCUT2D eigenvalue weighted by atomic mass is 10.1. The maximum absolute atomic E-state index is 12.3. The lowest BCUT2D eigenvalue weighted by Gasteiger charge is -2.07. The van der Waals surface area contributed by atoms with E-state index in [2.05, 4.69) is 14.8 Å². The van der Waals surface area contributed by atoms with Crippen LogP contribution in [0.5, 0.6) is 11.5 Å². The van der Waals surface area contributed by atoms with Gasteiger partial charge in [0.1, 0.15) is 0 Å². The number of nitrogens with zero attached hydrogens (tertiary/aromatic N) is 3. The van der Waals surface area contributed by atoms with Crippen molar-refractivity contribution < 1.29 is 15.0 Å². The SMILES string of the molecule is O=C(CSc1nnc(-c2cccs2)n1C1CC1)c1ccc(O)c(O)c1. The summed E-state index contributed by atoms with van der Waals surface area (Å²) in [6, 6.07) is 8.50. The molecule has 0 radical (unpaired) electrons. The Balaban J connectivity index is 1.53.